The summed E-state index contributed by atoms with van der Waals surface area (Å²) in [7, 11) is 0. The first kappa shape index (κ1) is 12.7. The summed E-state index contributed by atoms with van der Waals surface area (Å²) in [6.07, 6.45) is 0. The van der Waals surface area contributed by atoms with Gasteiger partial charge >= 0.3 is 0 Å². The van der Waals surface area contributed by atoms with Gasteiger partial charge in [0.1, 0.15) is 5.71 Å². The number of benzene rings is 1. The molecule has 0 saturated carbocycles. The second-order valence-corrected chi connectivity index (χ2v) is 3.45. The van der Waals surface area contributed by atoms with E-state index in [4.69, 9.17) is 10.4 Å². The lowest BCUT2D eigenvalue weighted by Gasteiger charge is -2.05. The standard InChI is InChI=1S/C11H13N3O3/c1-7-3-5-9(6-4-7)12-11(15)10(14-17)8(2)13-16/h3-6,16-17H,1-2H3,(H,12,15)/b13-8-,14-10+. The van der Waals surface area contributed by atoms with E-state index in [-0.39, 0.29) is 11.4 Å². The fraction of sp³-hybridized carbons (Fsp3) is 0.182. The van der Waals surface area contributed by atoms with Crippen molar-refractivity contribution in [3.63, 3.8) is 0 Å². The first-order valence-corrected chi connectivity index (χ1v) is 4.87. The number of nitrogens with one attached hydrogen (secondary N) is 1. The molecule has 0 spiro atoms. The van der Waals surface area contributed by atoms with Crippen molar-refractivity contribution in [1.29, 1.82) is 0 Å². The zero-order valence-corrected chi connectivity index (χ0v) is 9.51. The van der Waals surface area contributed by atoms with E-state index in [1.807, 2.05) is 19.1 Å². The highest BCUT2D eigenvalue weighted by Crippen LogP contribution is 2.08. The molecular formula is C11H13N3O3. The van der Waals surface area contributed by atoms with Gasteiger partial charge in [-0.25, -0.2) is 0 Å². The third-order valence-electron chi connectivity index (χ3n) is 2.12. The highest BCUT2D eigenvalue weighted by Gasteiger charge is 2.16. The zero-order chi connectivity index (χ0) is 12.8. The van der Waals surface area contributed by atoms with E-state index < -0.39 is 5.91 Å². The van der Waals surface area contributed by atoms with Crippen LogP contribution < -0.4 is 5.32 Å². The van der Waals surface area contributed by atoms with Crippen LogP contribution in [0.2, 0.25) is 0 Å². The number of anilines is 1. The smallest absolute Gasteiger partial charge is 0.279 e. The van der Waals surface area contributed by atoms with Crippen molar-refractivity contribution < 1.29 is 15.2 Å². The van der Waals surface area contributed by atoms with Crippen LogP contribution >= 0.6 is 0 Å². The fourth-order valence-corrected chi connectivity index (χ4v) is 1.16. The molecule has 3 N–H and O–H groups in total. The van der Waals surface area contributed by atoms with E-state index in [1.54, 1.807) is 12.1 Å². The first-order valence-electron chi connectivity index (χ1n) is 4.87. The lowest BCUT2D eigenvalue weighted by atomic mass is 10.2. The Morgan fingerprint density at radius 1 is 1.18 bits per heavy atom. The molecule has 0 fully saturated rings. The molecule has 1 aromatic carbocycles. The van der Waals surface area contributed by atoms with Crippen molar-refractivity contribution in [2.75, 3.05) is 5.32 Å². The van der Waals surface area contributed by atoms with E-state index in [2.05, 4.69) is 15.6 Å². The maximum atomic E-state index is 11.6. The third-order valence-corrected chi connectivity index (χ3v) is 2.12. The van der Waals surface area contributed by atoms with Gasteiger partial charge in [-0.1, -0.05) is 28.0 Å². The van der Waals surface area contributed by atoms with Crippen LogP contribution in [0.25, 0.3) is 0 Å². The second kappa shape index (κ2) is 5.64. The molecule has 17 heavy (non-hydrogen) atoms. The topological polar surface area (TPSA) is 94.3 Å². The van der Waals surface area contributed by atoms with Crippen LogP contribution in [0.5, 0.6) is 0 Å². The molecule has 6 heteroatoms. The number of hydrogen-bond donors (Lipinski definition) is 3. The summed E-state index contributed by atoms with van der Waals surface area (Å²) < 4.78 is 0. The molecule has 1 aromatic rings. The monoisotopic (exact) mass is 235 g/mol. The number of carbonyl (C=O) groups excluding carboxylic acids is 1. The molecular weight excluding hydrogens is 222 g/mol. The Morgan fingerprint density at radius 2 is 1.76 bits per heavy atom. The number of oxime groups is 2. The molecule has 0 aliphatic heterocycles. The lowest BCUT2D eigenvalue weighted by Crippen LogP contribution is -2.28. The first-order chi connectivity index (χ1) is 8.08. The van der Waals surface area contributed by atoms with Crippen LogP contribution in [0.4, 0.5) is 5.69 Å². The minimum absolute atomic E-state index is 0.0721. The van der Waals surface area contributed by atoms with Gasteiger partial charge in [-0.3, -0.25) is 4.79 Å². The molecule has 0 radical (unpaired) electrons. The van der Waals surface area contributed by atoms with Gasteiger partial charge in [0.05, 0.1) is 0 Å². The molecule has 0 bridgehead atoms. The normalized spacial score (nSPS) is 12.4. The quantitative estimate of drug-likeness (QED) is 0.422. The fourth-order valence-electron chi connectivity index (χ4n) is 1.16. The molecule has 0 unspecified atom stereocenters. The van der Waals surface area contributed by atoms with Gasteiger partial charge < -0.3 is 15.7 Å². The van der Waals surface area contributed by atoms with Crippen LogP contribution in [-0.2, 0) is 4.79 Å². The summed E-state index contributed by atoms with van der Waals surface area (Å²) in [4.78, 5) is 11.6. The summed E-state index contributed by atoms with van der Waals surface area (Å²) in [6.45, 7) is 3.28. The average Bonchev–Trinajstić information content (AvgIpc) is 2.32. The zero-order valence-electron chi connectivity index (χ0n) is 9.51. The maximum absolute atomic E-state index is 11.6. The van der Waals surface area contributed by atoms with E-state index in [0.717, 1.165) is 5.56 Å². The van der Waals surface area contributed by atoms with Gasteiger partial charge in [0.15, 0.2) is 5.71 Å². The van der Waals surface area contributed by atoms with Crippen LogP contribution in [0.1, 0.15) is 12.5 Å². The minimum Gasteiger partial charge on any atom is -0.411 e. The van der Waals surface area contributed by atoms with Crippen LogP contribution in [0.15, 0.2) is 34.6 Å². The molecule has 0 aliphatic rings. The Labute approximate surface area is 98.3 Å². The summed E-state index contributed by atoms with van der Waals surface area (Å²) in [5.74, 6) is -0.647. The molecule has 0 atom stereocenters. The molecule has 0 aliphatic carbocycles. The molecule has 6 nitrogen and oxygen atoms in total. The van der Waals surface area contributed by atoms with Crippen molar-refractivity contribution in [2.45, 2.75) is 13.8 Å². The molecule has 1 amide bonds. The Balaban J connectivity index is 2.82. The van der Waals surface area contributed by atoms with Crippen LogP contribution in [0.3, 0.4) is 0 Å². The van der Waals surface area contributed by atoms with Gasteiger partial charge in [-0.2, -0.15) is 0 Å². The Hall–Kier alpha value is -2.37. The van der Waals surface area contributed by atoms with Crippen molar-refractivity contribution in [3.05, 3.63) is 29.8 Å². The maximum Gasteiger partial charge on any atom is 0.279 e. The number of nitrogens with zero attached hydrogens (tertiary/aromatic N) is 2. The molecule has 0 saturated heterocycles. The molecule has 90 valence electrons. The Morgan fingerprint density at radius 3 is 2.24 bits per heavy atom. The predicted octanol–water partition coefficient (Wildman–Crippen LogP) is 1.61. The summed E-state index contributed by atoms with van der Waals surface area (Å²) >= 11 is 0. The van der Waals surface area contributed by atoms with Gasteiger partial charge in [0.25, 0.3) is 5.91 Å². The van der Waals surface area contributed by atoms with Gasteiger partial charge in [-0.05, 0) is 26.0 Å². The van der Waals surface area contributed by atoms with Crippen molar-refractivity contribution in [1.82, 2.24) is 0 Å². The minimum atomic E-state index is -0.647. The largest absolute Gasteiger partial charge is 0.411 e. The summed E-state index contributed by atoms with van der Waals surface area (Å²) in [6, 6.07) is 7.10. The summed E-state index contributed by atoms with van der Waals surface area (Å²) in [5.41, 5.74) is 1.21. The highest BCUT2D eigenvalue weighted by molar-refractivity contribution is 6.68. The average molecular weight is 235 g/mol. The van der Waals surface area contributed by atoms with Crippen LogP contribution in [-0.4, -0.2) is 27.7 Å². The Bertz CT molecular complexity index is 463. The van der Waals surface area contributed by atoms with E-state index in [9.17, 15) is 4.79 Å². The third kappa shape index (κ3) is 3.30. The van der Waals surface area contributed by atoms with Crippen molar-refractivity contribution in [2.24, 2.45) is 10.3 Å². The number of carbonyl (C=O) groups is 1. The van der Waals surface area contributed by atoms with Crippen molar-refractivity contribution in [3.8, 4) is 0 Å². The van der Waals surface area contributed by atoms with Gasteiger partial charge in [0, 0.05) is 5.69 Å². The number of hydrogen-bond acceptors (Lipinski definition) is 5. The van der Waals surface area contributed by atoms with E-state index in [1.165, 1.54) is 6.92 Å². The molecule has 0 aromatic heterocycles. The van der Waals surface area contributed by atoms with Crippen molar-refractivity contribution >= 4 is 23.0 Å². The van der Waals surface area contributed by atoms with Gasteiger partial charge in [0.2, 0.25) is 0 Å². The summed E-state index contributed by atoms with van der Waals surface area (Å²) in [5, 5.41) is 25.3. The lowest BCUT2D eigenvalue weighted by molar-refractivity contribution is -0.110. The predicted molar refractivity (Wildman–Crippen MR) is 63.9 cm³/mol. The van der Waals surface area contributed by atoms with E-state index >= 15 is 0 Å². The number of aryl methyl sites for hydroxylation is 1. The van der Waals surface area contributed by atoms with E-state index in [0.29, 0.717) is 5.69 Å². The molecule has 0 heterocycles. The SMILES string of the molecule is CC(=N/O)/C(=N\O)C(=O)Nc1ccc(C)cc1. The number of amides is 1. The van der Waals surface area contributed by atoms with Gasteiger partial charge in [-0.15, -0.1) is 0 Å². The van der Waals surface area contributed by atoms with Crippen LogP contribution in [0, 0.1) is 6.92 Å². The second-order valence-electron chi connectivity index (χ2n) is 3.45. The molecule has 1 rings (SSSR count). The Kier molecular flexibility index (Phi) is 4.21. The number of rotatable bonds is 3. The highest BCUT2D eigenvalue weighted by atomic mass is 16.4.